The molecular weight excluding hydrogens is 245 g/mol. The summed E-state index contributed by atoms with van der Waals surface area (Å²) >= 11 is 0. The van der Waals surface area contributed by atoms with Crippen molar-refractivity contribution in [1.82, 2.24) is 5.32 Å². The van der Waals surface area contributed by atoms with Crippen LogP contribution in [-0.2, 0) is 11.3 Å². The fourth-order valence-corrected chi connectivity index (χ4v) is 2.16. The van der Waals surface area contributed by atoms with Crippen LogP contribution in [0.3, 0.4) is 0 Å². The zero-order chi connectivity index (χ0) is 13.5. The van der Waals surface area contributed by atoms with E-state index in [-0.39, 0.29) is 5.82 Å². The molecule has 3 nitrogen and oxygen atoms in total. The predicted octanol–water partition coefficient (Wildman–Crippen LogP) is 2.74. The van der Waals surface area contributed by atoms with Gasteiger partial charge in [0.1, 0.15) is 0 Å². The highest BCUT2D eigenvalue weighted by Gasteiger charge is 2.15. The molecule has 2 rings (SSSR count). The van der Waals surface area contributed by atoms with Gasteiger partial charge in [0.15, 0.2) is 11.6 Å². The van der Waals surface area contributed by atoms with Gasteiger partial charge >= 0.3 is 0 Å². The molecule has 0 aliphatic carbocycles. The van der Waals surface area contributed by atoms with Crippen LogP contribution in [0, 0.1) is 11.7 Å². The zero-order valence-corrected chi connectivity index (χ0v) is 11.5. The van der Waals surface area contributed by atoms with Crippen molar-refractivity contribution in [2.75, 3.05) is 26.4 Å². The third-order valence-corrected chi connectivity index (χ3v) is 3.39. The largest absolute Gasteiger partial charge is 0.490 e. The van der Waals surface area contributed by atoms with Gasteiger partial charge in [0.25, 0.3) is 0 Å². The third-order valence-electron chi connectivity index (χ3n) is 3.39. The molecule has 4 heteroatoms. The van der Waals surface area contributed by atoms with Crippen LogP contribution in [-0.4, -0.2) is 26.4 Å². The molecule has 1 heterocycles. The summed E-state index contributed by atoms with van der Waals surface area (Å²) in [5.74, 6) is 0.559. The first kappa shape index (κ1) is 14.3. The minimum absolute atomic E-state index is 0.275. The topological polar surface area (TPSA) is 30.5 Å². The maximum Gasteiger partial charge on any atom is 0.165 e. The van der Waals surface area contributed by atoms with Crippen LogP contribution < -0.4 is 10.1 Å². The zero-order valence-electron chi connectivity index (χ0n) is 11.5. The van der Waals surface area contributed by atoms with Gasteiger partial charge in [-0.2, -0.15) is 0 Å². The standard InChI is InChI=1S/C15H22FNO2/c1-2-17-10-13-3-4-15(14(16)9-13)19-11-12-5-7-18-8-6-12/h3-4,9,12,17H,2,5-8,10-11H2,1H3. The average molecular weight is 267 g/mol. The lowest BCUT2D eigenvalue weighted by Gasteiger charge is -2.22. The van der Waals surface area contributed by atoms with E-state index in [0.29, 0.717) is 24.8 Å². The van der Waals surface area contributed by atoms with E-state index in [0.717, 1.165) is 38.2 Å². The molecule has 0 radical (unpaired) electrons. The van der Waals surface area contributed by atoms with Crippen LogP contribution in [0.4, 0.5) is 4.39 Å². The molecule has 0 aromatic heterocycles. The van der Waals surface area contributed by atoms with E-state index in [1.165, 1.54) is 0 Å². The molecule has 1 aromatic carbocycles. The fraction of sp³-hybridized carbons (Fsp3) is 0.600. The van der Waals surface area contributed by atoms with Gasteiger partial charge in [-0.3, -0.25) is 0 Å². The Balaban J connectivity index is 1.85. The van der Waals surface area contributed by atoms with Gasteiger partial charge in [0.05, 0.1) is 6.61 Å². The van der Waals surface area contributed by atoms with Crippen molar-refractivity contribution in [3.63, 3.8) is 0 Å². The Bertz CT molecular complexity index is 392. The monoisotopic (exact) mass is 267 g/mol. The molecule has 0 atom stereocenters. The number of rotatable bonds is 6. The van der Waals surface area contributed by atoms with Crippen molar-refractivity contribution >= 4 is 0 Å². The summed E-state index contributed by atoms with van der Waals surface area (Å²) in [5, 5.41) is 3.17. The highest BCUT2D eigenvalue weighted by molar-refractivity contribution is 5.29. The number of benzene rings is 1. The molecule has 0 amide bonds. The van der Waals surface area contributed by atoms with Gasteiger partial charge in [0.2, 0.25) is 0 Å². The van der Waals surface area contributed by atoms with Gasteiger partial charge < -0.3 is 14.8 Å². The van der Waals surface area contributed by atoms with E-state index >= 15 is 0 Å². The molecule has 0 bridgehead atoms. The lowest BCUT2D eigenvalue weighted by atomic mass is 10.0. The van der Waals surface area contributed by atoms with Gasteiger partial charge in [-0.05, 0) is 43.0 Å². The molecule has 19 heavy (non-hydrogen) atoms. The van der Waals surface area contributed by atoms with Crippen molar-refractivity contribution in [2.45, 2.75) is 26.3 Å². The minimum Gasteiger partial charge on any atom is -0.490 e. The molecule has 1 N–H and O–H groups in total. The molecule has 1 aliphatic rings. The first-order chi connectivity index (χ1) is 9.29. The number of hydrogen-bond donors (Lipinski definition) is 1. The summed E-state index contributed by atoms with van der Waals surface area (Å²) in [6.07, 6.45) is 2.00. The van der Waals surface area contributed by atoms with Crippen molar-refractivity contribution < 1.29 is 13.9 Å². The predicted molar refractivity (Wildman–Crippen MR) is 72.8 cm³/mol. The van der Waals surface area contributed by atoms with Crippen molar-refractivity contribution in [1.29, 1.82) is 0 Å². The second kappa shape index (κ2) is 7.46. The van der Waals surface area contributed by atoms with Crippen molar-refractivity contribution in [2.24, 2.45) is 5.92 Å². The SMILES string of the molecule is CCNCc1ccc(OCC2CCOCC2)c(F)c1. The van der Waals surface area contributed by atoms with Crippen molar-refractivity contribution in [3.05, 3.63) is 29.6 Å². The Labute approximate surface area is 114 Å². The lowest BCUT2D eigenvalue weighted by Crippen LogP contribution is -2.21. The Morgan fingerprint density at radius 3 is 2.84 bits per heavy atom. The van der Waals surface area contributed by atoms with E-state index in [9.17, 15) is 4.39 Å². The quantitative estimate of drug-likeness (QED) is 0.859. The van der Waals surface area contributed by atoms with E-state index in [1.807, 2.05) is 13.0 Å². The molecule has 1 aliphatic heterocycles. The highest BCUT2D eigenvalue weighted by atomic mass is 19.1. The number of nitrogens with one attached hydrogen (secondary N) is 1. The number of hydrogen-bond acceptors (Lipinski definition) is 3. The van der Waals surface area contributed by atoms with Gasteiger partial charge in [-0.25, -0.2) is 4.39 Å². The average Bonchev–Trinajstić information content (AvgIpc) is 2.45. The second-order valence-electron chi connectivity index (χ2n) is 4.91. The molecule has 1 aromatic rings. The Kier molecular flexibility index (Phi) is 5.61. The number of ether oxygens (including phenoxy) is 2. The van der Waals surface area contributed by atoms with Crippen LogP contribution in [0.5, 0.6) is 5.75 Å². The summed E-state index contributed by atoms with van der Waals surface area (Å²) < 4.78 is 24.7. The van der Waals surface area contributed by atoms with Crippen LogP contribution in [0.1, 0.15) is 25.3 Å². The molecule has 1 saturated heterocycles. The van der Waals surface area contributed by atoms with Gasteiger partial charge in [-0.1, -0.05) is 13.0 Å². The first-order valence-corrected chi connectivity index (χ1v) is 6.99. The van der Waals surface area contributed by atoms with E-state index < -0.39 is 0 Å². The lowest BCUT2D eigenvalue weighted by molar-refractivity contribution is 0.0491. The maximum atomic E-state index is 13.9. The maximum absolute atomic E-state index is 13.9. The molecule has 0 unspecified atom stereocenters. The molecule has 0 spiro atoms. The Morgan fingerprint density at radius 1 is 1.37 bits per heavy atom. The first-order valence-electron chi connectivity index (χ1n) is 6.99. The smallest absolute Gasteiger partial charge is 0.165 e. The van der Waals surface area contributed by atoms with E-state index in [1.54, 1.807) is 12.1 Å². The number of halogens is 1. The van der Waals surface area contributed by atoms with E-state index in [2.05, 4.69) is 5.32 Å². The molecular formula is C15H22FNO2. The molecule has 1 fully saturated rings. The van der Waals surface area contributed by atoms with Crippen LogP contribution >= 0.6 is 0 Å². The van der Waals surface area contributed by atoms with Crippen LogP contribution in [0.2, 0.25) is 0 Å². The summed E-state index contributed by atoms with van der Waals surface area (Å²) in [4.78, 5) is 0. The fourth-order valence-electron chi connectivity index (χ4n) is 2.16. The summed E-state index contributed by atoms with van der Waals surface area (Å²) in [5.41, 5.74) is 0.942. The van der Waals surface area contributed by atoms with Crippen LogP contribution in [0.15, 0.2) is 18.2 Å². The summed E-state index contributed by atoms with van der Waals surface area (Å²) in [6.45, 7) is 5.75. The third kappa shape index (κ3) is 4.48. The highest BCUT2D eigenvalue weighted by Crippen LogP contribution is 2.21. The molecule has 106 valence electrons. The van der Waals surface area contributed by atoms with Gasteiger partial charge in [-0.15, -0.1) is 0 Å². The molecule has 0 saturated carbocycles. The Hall–Kier alpha value is -1.13. The second-order valence-corrected chi connectivity index (χ2v) is 4.91. The summed E-state index contributed by atoms with van der Waals surface area (Å²) in [6, 6.07) is 5.17. The minimum atomic E-state index is -0.275. The van der Waals surface area contributed by atoms with E-state index in [4.69, 9.17) is 9.47 Å². The van der Waals surface area contributed by atoms with Crippen LogP contribution in [0.25, 0.3) is 0 Å². The van der Waals surface area contributed by atoms with Gasteiger partial charge in [0, 0.05) is 19.8 Å². The van der Waals surface area contributed by atoms with Crippen molar-refractivity contribution in [3.8, 4) is 5.75 Å². The summed E-state index contributed by atoms with van der Waals surface area (Å²) in [7, 11) is 0. The Morgan fingerprint density at radius 2 is 2.16 bits per heavy atom. The normalized spacial score (nSPS) is 16.5.